The molecule has 0 amide bonds. The number of hydrogen-bond donors (Lipinski definition) is 0. The molecule has 0 atom stereocenters. The van der Waals surface area contributed by atoms with Crippen molar-refractivity contribution in [2.75, 3.05) is 13.6 Å². The van der Waals surface area contributed by atoms with Gasteiger partial charge in [-0.1, -0.05) is 6.07 Å². The summed E-state index contributed by atoms with van der Waals surface area (Å²) >= 11 is 3.46. The minimum Gasteiger partial charge on any atom is -0.299 e. The van der Waals surface area contributed by atoms with Crippen LogP contribution in [-0.4, -0.2) is 33.3 Å². The Bertz CT molecular complexity index is 628. The Labute approximate surface area is 126 Å². The zero-order valence-electron chi connectivity index (χ0n) is 11.3. The van der Waals surface area contributed by atoms with E-state index in [9.17, 15) is 0 Å². The maximum absolute atomic E-state index is 4.70. The predicted octanol–water partition coefficient (Wildman–Crippen LogP) is 3.20. The molecule has 3 aromatic rings. The summed E-state index contributed by atoms with van der Waals surface area (Å²) in [5.74, 6) is 0. The molecule has 0 fully saturated rings. The molecule has 3 aromatic heterocycles. The van der Waals surface area contributed by atoms with E-state index >= 15 is 0 Å². The molecule has 0 bridgehead atoms. The quantitative estimate of drug-likeness (QED) is 0.701. The van der Waals surface area contributed by atoms with Crippen LogP contribution in [0.4, 0.5) is 0 Å². The highest BCUT2D eigenvalue weighted by atomic mass is 32.1. The van der Waals surface area contributed by atoms with Gasteiger partial charge in [0.15, 0.2) is 0 Å². The Morgan fingerprint density at radius 3 is 3.00 bits per heavy atom. The Balaban J connectivity index is 1.55. The number of likely N-dealkylation sites (N-methyl/N-ethyl adjacent to an activating group) is 1. The van der Waals surface area contributed by atoms with Gasteiger partial charge in [0, 0.05) is 30.9 Å². The first-order valence-electron chi connectivity index (χ1n) is 6.45. The van der Waals surface area contributed by atoms with Gasteiger partial charge in [0.1, 0.15) is 5.01 Å². The number of nitrogens with zero attached hydrogens (tertiary/aromatic N) is 4. The fourth-order valence-electron chi connectivity index (χ4n) is 1.95. The molecule has 6 heteroatoms. The number of rotatable bonds is 6. The molecule has 0 unspecified atom stereocenters. The minimum absolute atomic E-state index is 0.878. The van der Waals surface area contributed by atoms with Crippen molar-refractivity contribution >= 4 is 22.7 Å². The summed E-state index contributed by atoms with van der Waals surface area (Å²) in [5, 5.41) is 9.57. The fraction of sp³-hybridized carbons (Fsp3) is 0.286. The molecule has 0 spiro atoms. The lowest BCUT2D eigenvalue weighted by atomic mass is 10.4. The standard InChI is InChI=1S/C14H16N4S2/c1-17(7-8-18-6-3-5-15-18)10-12-11-20-14(16-12)13-4-2-9-19-13/h2-6,9,11H,7-8,10H2,1H3. The highest BCUT2D eigenvalue weighted by Gasteiger charge is 2.07. The van der Waals surface area contributed by atoms with E-state index < -0.39 is 0 Å². The van der Waals surface area contributed by atoms with E-state index in [2.05, 4.69) is 39.9 Å². The molecular formula is C14H16N4S2. The maximum Gasteiger partial charge on any atom is 0.133 e. The van der Waals surface area contributed by atoms with Crippen LogP contribution in [0.15, 0.2) is 41.4 Å². The summed E-state index contributed by atoms with van der Waals surface area (Å²) < 4.78 is 1.95. The summed E-state index contributed by atoms with van der Waals surface area (Å²) in [6.45, 7) is 2.75. The van der Waals surface area contributed by atoms with E-state index in [4.69, 9.17) is 4.98 Å². The minimum atomic E-state index is 0.878. The second-order valence-electron chi connectivity index (χ2n) is 4.63. The molecule has 20 heavy (non-hydrogen) atoms. The smallest absolute Gasteiger partial charge is 0.133 e. The number of thiophene rings is 1. The van der Waals surface area contributed by atoms with Crippen molar-refractivity contribution in [3.63, 3.8) is 0 Å². The van der Waals surface area contributed by atoms with E-state index in [0.717, 1.165) is 30.3 Å². The molecule has 0 saturated carbocycles. The molecular weight excluding hydrogens is 288 g/mol. The first kappa shape index (κ1) is 13.5. The molecule has 0 aliphatic rings. The monoisotopic (exact) mass is 304 g/mol. The Morgan fingerprint density at radius 2 is 2.25 bits per heavy atom. The lowest BCUT2D eigenvalue weighted by molar-refractivity contribution is 0.302. The van der Waals surface area contributed by atoms with Gasteiger partial charge >= 0.3 is 0 Å². The number of aromatic nitrogens is 3. The Morgan fingerprint density at radius 1 is 1.30 bits per heavy atom. The second-order valence-corrected chi connectivity index (χ2v) is 6.43. The molecule has 0 N–H and O–H groups in total. The summed E-state index contributed by atoms with van der Waals surface area (Å²) in [6.07, 6.45) is 3.80. The molecule has 4 nitrogen and oxygen atoms in total. The lowest BCUT2D eigenvalue weighted by Gasteiger charge is -2.14. The molecule has 0 saturated heterocycles. The van der Waals surface area contributed by atoms with Gasteiger partial charge in [-0.05, 0) is 24.6 Å². The average molecular weight is 304 g/mol. The van der Waals surface area contributed by atoms with Gasteiger partial charge in [0.2, 0.25) is 0 Å². The second kappa shape index (κ2) is 6.30. The molecule has 0 aliphatic heterocycles. The summed E-state index contributed by atoms with van der Waals surface area (Å²) in [5.41, 5.74) is 1.14. The van der Waals surface area contributed by atoms with Crippen LogP contribution < -0.4 is 0 Å². The molecule has 3 rings (SSSR count). The van der Waals surface area contributed by atoms with E-state index in [-0.39, 0.29) is 0 Å². The van der Waals surface area contributed by atoms with Crippen molar-refractivity contribution in [1.29, 1.82) is 0 Å². The van der Waals surface area contributed by atoms with Crippen LogP contribution >= 0.6 is 22.7 Å². The third-order valence-corrected chi connectivity index (χ3v) is 4.92. The van der Waals surface area contributed by atoms with E-state index in [0.29, 0.717) is 0 Å². The van der Waals surface area contributed by atoms with Gasteiger partial charge in [-0.25, -0.2) is 4.98 Å². The molecule has 3 heterocycles. The summed E-state index contributed by atoms with van der Waals surface area (Å²) in [4.78, 5) is 8.23. The van der Waals surface area contributed by atoms with Crippen LogP contribution in [0, 0.1) is 0 Å². The van der Waals surface area contributed by atoms with Crippen molar-refractivity contribution in [2.45, 2.75) is 13.1 Å². The summed E-state index contributed by atoms with van der Waals surface area (Å²) in [7, 11) is 2.12. The largest absolute Gasteiger partial charge is 0.299 e. The van der Waals surface area contributed by atoms with Crippen LogP contribution in [0.5, 0.6) is 0 Å². The van der Waals surface area contributed by atoms with Gasteiger partial charge < -0.3 is 0 Å². The normalized spacial score (nSPS) is 11.3. The predicted molar refractivity (Wildman–Crippen MR) is 84.0 cm³/mol. The molecule has 0 radical (unpaired) electrons. The van der Waals surface area contributed by atoms with E-state index in [1.165, 1.54) is 4.88 Å². The van der Waals surface area contributed by atoms with Crippen molar-refractivity contribution in [3.05, 3.63) is 47.0 Å². The first-order valence-corrected chi connectivity index (χ1v) is 8.21. The highest BCUT2D eigenvalue weighted by Crippen LogP contribution is 2.27. The van der Waals surface area contributed by atoms with Gasteiger partial charge in [-0.15, -0.1) is 22.7 Å². The SMILES string of the molecule is CN(CCn1cccn1)Cc1csc(-c2cccs2)n1. The maximum atomic E-state index is 4.70. The van der Waals surface area contributed by atoms with Gasteiger partial charge in [-0.3, -0.25) is 9.58 Å². The Kier molecular flexibility index (Phi) is 4.25. The zero-order valence-corrected chi connectivity index (χ0v) is 12.9. The van der Waals surface area contributed by atoms with Crippen molar-refractivity contribution in [3.8, 4) is 9.88 Å². The molecule has 104 valence electrons. The molecule has 0 aliphatic carbocycles. The van der Waals surface area contributed by atoms with Crippen molar-refractivity contribution in [2.24, 2.45) is 0 Å². The van der Waals surface area contributed by atoms with Crippen LogP contribution in [0.25, 0.3) is 9.88 Å². The van der Waals surface area contributed by atoms with Crippen LogP contribution in [0.3, 0.4) is 0 Å². The Hall–Kier alpha value is -1.50. The topological polar surface area (TPSA) is 34.0 Å². The fourth-order valence-corrected chi connectivity index (χ4v) is 3.58. The first-order chi connectivity index (χ1) is 9.81. The van der Waals surface area contributed by atoms with Crippen LogP contribution in [-0.2, 0) is 13.1 Å². The zero-order chi connectivity index (χ0) is 13.8. The number of hydrogen-bond acceptors (Lipinski definition) is 5. The lowest BCUT2D eigenvalue weighted by Crippen LogP contribution is -2.23. The summed E-state index contributed by atoms with van der Waals surface area (Å²) in [6, 6.07) is 6.14. The van der Waals surface area contributed by atoms with Gasteiger partial charge in [0.05, 0.1) is 17.1 Å². The van der Waals surface area contributed by atoms with Gasteiger partial charge in [0.25, 0.3) is 0 Å². The van der Waals surface area contributed by atoms with Gasteiger partial charge in [-0.2, -0.15) is 5.10 Å². The molecule has 0 aromatic carbocycles. The number of thiazole rings is 1. The van der Waals surface area contributed by atoms with Crippen molar-refractivity contribution in [1.82, 2.24) is 19.7 Å². The highest BCUT2D eigenvalue weighted by molar-refractivity contribution is 7.20. The average Bonchev–Trinajstić information content (AvgIpc) is 3.18. The van der Waals surface area contributed by atoms with Crippen LogP contribution in [0.1, 0.15) is 5.69 Å². The van der Waals surface area contributed by atoms with Crippen LogP contribution in [0.2, 0.25) is 0 Å². The van der Waals surface area contributed by atoms with E-state index in [1.807, 2.05) is 23.1 Å². The van der Waals surface area contributed by atoms with E-state index in [1.54, 1.807) is 22.7 Å². The van der Waals surface area contributed by atoms with Crippen molar-refractivity contribution < 1.29 is 0 Å². The third-order valence-electron chi connectivity index (χ3n) is 2.99. The third kappa shape index (κ3) is 3.33.